The van der Waals surface area contributed by atoms with Crippen molar-refractivity contribution in [3.05, 3.63) is 64.1 Å². The maximum atomic E-state index is 13.0. The summed E-state index contributed by atoms with van der Waals surface area (Å²) in [4.78, 5) is 28.9. The number of rotatable bonds is 3. The van der Waals surface area contributed by atoms with Crippen LogP contribution in [-0.4, -0.2) is 48.0 Å². The van der Waals surface area contributed by atoms with E-state index in [1.165, 1.54) is 0 Å². The van der Waals surface area contributed by atoms with Crippen LogP contribution in [0.5, 0.6) is 5.75 Å². The lowest BCUT2D eigenvalue weighted by molar-refractivity contribution is -0.132. The molecule has 0 N–H and O–H groups in total. The number of nitrogens with zero attached hydrogens (tertiary/aromatic N) is 2. The fraction of sp³-hybridized carbons (Fsp3) is 0.364. The lowest BCUT2D eigenvalue weighted by Gasteiger charge is -2.22. The van der Waals surface area contributed by atoms with Gasteiger partial charge in [-0.1, -0.05) is 53.5 Å². The van der Waals surface area contributed by atoms with E-state index in [0.717, 1.165) is 18.4 Å². The van der Waals surface area contributed by atoms with Crippen molar-refractivity contribution in [2.45, 2.75) is 18.8 Å². The van der Waals surface area contributed by atoms with E-state index in [-0.39, 0.29) is 23.8 Å². The van der Waals surface area contributed by atoms with Crippen molar-refractivity contribution in [1.29, 1.82) is 0 Å². The Morgan fingerprint density at radius 1 is 0.897 bits per heavy atom. The molecule has 1 aliphatic carbocycles. The number of amides is 2. The topological polar surface area (TPSA) is 49.9 Å². The maximum Gasteiger partial charge on any atom is 0.415 e. The number of carbonyl (C=O) groups excluding carboxylic acids is 2. The summed E-state index contributed by atoms with van der Waals surface area (Å²) in [6, 6.07) is 14.6. The molecule has 5 nitrogen and oxygen atoms in total. The Morgan fingerprint density at radius 3 is 2.41 bits per heavy atom. The molecule has 1 aliphatic heterocycles. The Morgan fingerprint density at radius 2 is 1.62 bits per heavy atom. The lowest BCUT2D eigenvalue weighted by Crippen LogP contribution is -2.39. The molecule has 2 fully saturated rings. The fourth-order valence-corrected chi connectivity index (χ4v) is 4.28. The monoisotopic (exact) mass is 432 g/mol. The Kier molecular flexibility index (Phi) is 5.97. The van der Waals surface area contributed by atoms with Crippen LogP contribution in [0, 0.1) is 5.92 Å². The number of para-hydroxylation sites is 1. The SMILES string of the molecule is O=C(Oc1ccccc1)N1CCCN(C(=O)C2CC2c2cccc(Cl)c2Cl)CC1. The summed E-state index contributed by atoms with van der Waals surface area (Å²) >= 11 is 12.4. The van der Waals surface area contributed by atoms with Crippen molar-refractivity contribution in [3.8, 4) is 5.75 Å². The van der Waals surface area contributed by atoms with Crippen molar-refractivity contribution in [2.75, 3.05) is 26.2 Å². The summed E-state index contributed by atoms with van der Waals surface area (Å²) in [5.74, 6) is 0.711. The predicted molar refractivity (Wildman–Crippen MR) is 113 cm³/mol. The van der Waals surface area contributed by atoms with Gasteiger partial charge in [0.2, 0.25) is 5.91 Å². The van der Waals surface area contributed by atoms with E-state index in [1.807, 2.05) is 35.2 Å². The molecule has 2 unspecified atom stereocenters. The number of benzene rings is 2. The quantitative estimate of drug-likeness (QED) is 0.697. The molecule has 0 radical (unpaired) electrons. The van der Waals surface area contributed by atoms with Crippen LogP contribution in [0.2, 0.25) is 10.0 Å². The van der Waals surface area contributed by atoms with Crippen LogP contribution in [0.1, 0.15) is 24.3 Å². The fourth-order valence-electron chi connectivity index (χ4n) is 3.83. The Labute approximate surface area is 180 Å². The zero-order chi connectivity index (χ0) is 20.4. The second kappa shape index (κ2) is 8.64. The first-order chi connectivity index (χ1) is 14.0. The zero-order valence-corrected chi connectivity index (χ0v) is 17.4. The molecule has 1 saturated carbocycles. The van der Waals surface area contributed by atoms with Crippen molar-refractivity contribution < 1.29 is 14.3 Å². The summed E-state index contributed by atoms with van der Waals surface area (Å²) in [7, 11) is 0. The highest BCUT2D eigenvalue weighted by Crippen LogP contribution is 2.51. The van der Waals surface area contributed by atoms with Gasteiger partial charge in [0.1, 0.15) is 5.75 Å². The second-order valence-electron chi connectivity index (χ2n) is 7.44. The van der Waals surface area contributed by atoms with E-state index < -0.39 is 0 Å². The van der Waals surface area contributed by atoms with E-state index >= 15 is 0 Å². The van der Waals surface area contributed by atoms with Gasteiger partial charge in [-0.15, -0.1) is 0 Å². The molecule has 2 aliphatic rings. The molecule has 2 atom stereocenters. The summed E-state index contributed by atoms with van der Waals surface area (Å²) in [5, 5.41) is 1.06. The van der Waals surface area contributed by atoms with Crippen LogP contribution in [0.25, 0.3) is 0 Å². The molecule has 0 spiro atoms. The van der Waals surface area contributed by atoms with Gasteiger partial charge in [0.05, 0.1) is 10.0 Å². The number of carbonyl (C=O) groups is 2. The third-order valence-corrected chi connectivity index (χ3v) is 6.34. The normalized spacial score (nSPS) is 21.4. The molecule has 152 valence electrons. The molecular formula is C22H22Cl2N2O3. The Balaban J connectivity index is 1.33. The highest BCUT2D eigenvalue weighted by molar-refractivity contribution is 6.42. The van der Waals surface area contributed by atoms with Crippen LogP contribution in [0.3, 0.4) is 0 Å². The van der Waals surface area contributed by atoms with Crippen LogP contribution in [0.15, 0.2) is 48.5 Å². The zero-order valence-electron chi connectivity index (χ0n) is 15.9. The molecule has 4 rings (SSSR count). The molecule has 2 aromatic carbocycles. The van der Waals surface area contributed by atoms with Gasteiger partial charge in [0.15, 0.2) is 0 Å². The third kappa shape index (κ3) is 4.51. The minimum atomic E-state index is -0.375. The second-order valence-corrected chi connectivity index (χ2v) is 8.22. The summed E-state index contributed by atoms with van der Waals surface area (Å²) in [5.41, 5.74) is 0.945. The van der Waals surface area contributed by atoms with Crippen LogP contribution in [0.4, 0.5) is 4.79 Å². The van der Waals surface area contributed by atoms with Crippen molar-refractivity contribution in [2.24, 2.45) is 5.92 Å². The third-order valence-electron chi connectivity index (χ3n) is 5.50. The van der Waals surface area contributed by atoms with E-state index in [9.17, 15) is 9.59 Å². The smallest absolute Gasteiger partial charge is 0.410 e. The minimum absolute atomic E-state index is 0.0613. The largest absolute Gasteiger partial charge is 0.415 e. The first-order valence-corrected chi connectivity index (χ1v) is 10.5. The van der Waals surface area contributed by atoms with Crippen LogP contribution >= 0.6 is 23.2 Å². The van der Waals surface area contributed by atoms with Gasteiger partial charge in [-0.3, -0.25) is 4.79 Å². The molecule has 1 saturated heterocycles. The average molecular weight is 433 g/mol. The summed E-state index contributed by atoms with van der Waals surface area (Å²) < 4.78 is 5.42. The summed E-state index contributed by atoms with van der Waals surface area (Å²) in [6.07, 6.45) is 1.14. The Hall–Kier alpha value is -2.24. The first-order valence-electron chi connectivity index (χ1n) is 9.79. The maximum absolute atomic E-state index is 13.0. The molecule has 0 aromatic heterocycles. The van der Waals surface area contributed by atoms with Gasteiger partial charge in [-0.25, -0.2) is 4.79 Å². The van der Waals surface area contributed by atoms with E-state index in [0.29, 0.717) is 42.0 Å². The predicted octanol–water partition coefficient (Wildman–Crippen LogP) is 4.83. The van der Waals surface area contributed by atoms with Crippen molar-refractivity contribution in [3.63, 3.8) is 0 Å². The number of halogens is 2. The Bertz CT molecular complexity index is 906. The van der Waals surface area contributed by atoms with Crippen molar-refractivity contribution >= 4 is 35.2 Å². The molecule has 1 heterocycles. The standard InChI is InChI=1S/C22H22Cl2N2O3/c23-19-9-4-8-16(20(19)24)17-14-18(17)21(27)25-10-5-11-26(13-12-25)22(28)29-15-6-2-1-3-7-15/h1-4,6-9,17-18H,5,10-14H2. The van der Waals surface area contributed by atoms with E-state index in [2.05, 4.69) is 0 Å². The molecule has 2 amide bonds. The van der Waals surface area contributed by atoms with Gasteiger partial charge >= 0.3 is 6.09 Å². The summed E-state index contributed by atoms with van der Waals surface area (Å²) in [6.45, 7) is 2.19. The molecule has 7 heteroatoms. The minimum Gasteiger partial charge on any atom is -0.410 e. The molecule has 2 aromatic rings. The van der Waals surface area contributed by atoms with Crippen molar-refractivity contribution in [1.82, 2.24) is 9.80 Å². The van der Waals surface area contributed by atoms with Gasteiger partial charge < -0.3 is 14.5 Å². The van der Waals surface area contributed by atoms with Gasteiger partial charge in [0.25, 0.3) is 0 Å². The van der Waals surface area contributed by atoms with Crippen LogP contribution in [-0.2, 0) is 4.79 Å². The average Bonchev–Trinajstić information content (AvgIpc) is 3.54. The molecule has 29 heavy (non-hydrogen) atoms. The highest BCUT2D eigenvalue weighted by Gasteiger charge is 2.47. The van der Waals surface area contributed by atoms with E-state index in [4.69, 9.17) is 27.9 Å². The lowest BCUT2D eigenvalue weighted by atomic mass is 10.1. The number of hydrogen-bond acceptors (Lipinski definition) is 3. The van der Waals surface area contributed by atoms with Gasteiger partial charge in [0, 0.05) is 32.1 Å². The highest BCUT2D eigenvalue weighted by atomic mass is 35.5. The first kappa shape index (κ1) is 20.0. The van der Waals surface area contributed by atoms with Gasteiger partial charge in [-0.2, -0.15) is 0 Å². The number of ether oxygens (including phenoxy) is 1. The molecule has 0 bridgehead atoms. The van der Waals surface area contributed by atoms with E-state index in [1.54, 1.807) is 23.1 Å². The number of hydrogen-bond donors (Lipinski definition) is 0. The van der Waals surface area contributed by atoms with Crippen LogP contribution < -0.4 is 4.74 Å². The molecular weight excluding hydrogens is 411 g/mol. The van der Waals surface area contributed by atoms with Gasteiger partial charge in [-0.05, 0) is 42.5 Å².